The lowest BCUT2D eigenvalue weighted by Gasteiger charge is -2.36. The van der Waals surface area contributed by atoms with Gasteiger partial charge in [0, 0.05) is 36.8 Å². The number of nitrogens with zero attached hydrogens (tertiary/aromatic N) is 6. The monoisotopic (exact) mass is 377 g/mol. The first-order valence-electron chi connectivity index (χ1n) is 7.17. The molecular formula is C14H13BrFN7. The molecule has 0 aliphatic carbocycles. The number of anilines is 2. The molecule has 3 aromatic heterocycles. The first kappa shape index (κ1) is 14.3. The van der Waals surface area contributed by atoms with Crippen LogP contribution in [0, 0.1) is 5.82 Å². The summed E-state index contributed by atoms with van der Waals surface area (Å²) in [6.07, 6.45) is 4.74. The summed E-state index contributed by atoms with van der Waals surface area (Å²) in [5.41, 5.74) is 1.48. The Morgan fingerprint density at radius 3 is 2.48 bits per heavy atom. The highest BCUT2D eigenvalue weighted by Gasteiger charge is 2.23. The molecule has 4 rings (SSSR count). The van der Waals surface area contributed by atoms with Gasteiger partial charge in [-0.1, -0.05) is 0 Å². The van der Waals surface area contributed by atoms with Crippen molar-refractivity contribution in [3.63, 3.8) is 0 Å². The van der Waals surface area contributed by atoms with Crippen molar-refractivity contribution in [3.8, 4) is 0 Å². The van der Waals surface area contributed by atoms with Gasteiger partial charge >= 0.3 is 0 Å². The van der Waals surface area contributed by atoms with Crippen LogP contribution in [0.2, 0.25) is 0 Å². The zero-order valence-corrected chi connectivity index (χ0v) is 13.7. The van der Waals surface area contributed by atoms with E-state index in [1.807, 2.05) is 4.90 Å². The minimum atomic E-state index is -0.314. The van der Waals surface area contributed by atoms with E-state index in [0.29, 0.717) is 29.0 Å². The van der Waals surface area contributed by atoms with Gasteiger partial charge in [0.1, 0.15) is 11.8 Å². The molecular weight excluding hydrogens is 365 g/mol. The van der Waals surface area contributed by atoms with E-state index in [0.717, 1.165) is 24.4 Å². The maximum Gasteiger partial charge on any atom is 0.182 e. The van der Waals surface area contributed by atoms with Crippen molar-refractivity contribution >= 4 is 38.7 Å². The number of halogens is 2. The van der Waals surface area contributed by atoms with Gasteiger partial charge in [0.05, 0.1) is 6.33 Å². The molecule has 1 N–H and O–H groups in total. The highest BCUT2D eigenvalue weighted by molar-refractivity contribution is 9.10. The van der Waals surface area contributed by atoms with Crippen LogP contribution in [0.5, 0.6) is 0 Å². The van der Waals surface area contributed by atoms with Crippen molar-refractivity contribution in [2.24, 2.45) is 0 Å². The summed E-state index contributed by atoms with van der Waals surface area (Å²) in [5.74, 6) is 0.907. The molecule has 23 heavy (non-hydrogen) atoms. The molecule has 0 aromatic carbocycles. The van der Waals surface area contributed by atoms with E-state index in [2.05, 4.69) is 45.7 Å². The van der Waals surface area contributed by atoms with Gasteiger partial charge in [0.25, 0.3) is 0 Å². The van der Waals surface area contributed by atoms with Crippen molar-refractivity contribution in [2.75, 3.05) is 36.0 Å². The third kappa shape index (κ3) is 2.61. The minimum absolute atomic E-state index is 0.314. The zero-order chi connectivity index (χ0) is 15.8. The Hall–Kier alpha value is -2.29. The van der Waals surface area contributed by atoms with E-state index in [1.165, 1.54) is 12.4 Å². The van der Waals surface area contributed by atoms with Gasteiger partial charge in [0.15, 0.2) is 23.1 Å². The third-order valence-corrected chi connectivity index (χ3v) is 4.30. The van der Waals surface area contributed by atoms with Crippen LogP contribution < -0.4 is 9.80 Å². The number of aromatic amines is 1. The van der Waals surface area contributed by atoms with E-state index in [1.54, 1.807) is 12.5 Å². The number of pyridine rings is 1. The summed E-state index contributed by atoms with van der Waals surface area (Å²) < 4.78 is 14.7. The Bertz CT molecular complexity index is 844. The maximum absolute atomic E-state index is 14.0. The van der Waals surface area contributed by atoms with E-state index in [9.17, 15) is 4.39 Å². The molecule has 1 saturated heterocycles. The number of hydrogen-bond acceptors (Lipinski definition) is 6. The van der Waals surface area contributed by atoms with Gasteiger partial charge in [-0.25, -0.2) is 24.3 Å². The standard InChI is InChI=1S/C14H13BrFN7/c15-9-5-10(16)13(17-6-9)22-1-3-23(4-2-22)14-11-12(19-7-18-11)20-8-21-14/h5-8H,1-4H2,(H,18,19,20,21). The van der Waals surface area contributed by atoms with E-state index in [4.69, 9.17) is 0 Å². The molecule has 7 nitrogen and oxygen atoms in total. The van der Waals surface area contributed by atoms with Crippen molar-refractivity contribution in [1.29, 1.82) is 0 Å². The molecule has 9 heteroatoms. The SMILES string of the molecule is Fc1cc(Br)cnc1N1CCN(c2ncnc3nc[nH]c23)CC1. The molecule has 0 radical (unpaired) electrons. The first-order valence-corrected chi connectivity index (χ1v) is 7.97. The number of aromatic nitrogens is 5. The number of nitrogens with one attached hydrogen (secondary N) is 1. The highest BCUT2D eigenvalue weighted by Crippen LogP contribution is 2.24. The highest BCUT2D eigenvalue weighted by atomic mass is 79.9. The molecule has 4 heterocycles. The lowest BCUT2D eigenvalue weighted by molar-refractivity contribution is 0.586. The second kappa shape index (κ2) is 5.73. The largest absolute Gasteiger partial charge is 0.351 e. The number of imidazole rings is 1. The molecule has 0 atom stereocenters. The molecule has 0 spiro atoms. The molecule has 3 aromatic rings. The van der Waals surface area contributed by atoms with Crippen LogP contribution in [0.25, 0.3) is 11.2 Å². The van der Waals surface area contributed by atoms with Crippen molar-refractivity contribution in [1.82, 2.24) is 24.9 Å². The first-order chi connectivity index (χ1) is 11.2. The van der Waals surface area contributed by atoms with Gasteiger partial charge in [-0.15, -0.1) is 0 Å². The van der Waals surface area contributed by atoms with Gasteiger partial charge in [0.2, 0.25) is 0 Å². The predicted molar refractivity (Wildman–Crippen MR) is 88.0 cm³/mol. The predicted octanol–water partition coefficient (Wildman–Crippen LogP) is 1.98. The average molecular weight is 378 g/mol. The van der Waals surface area contributed by atoms with Gasteiger partial charge < -0.3 is 14.8 Å². The maximum atomic E-state index is 14.0. The van der Waals surface area contributed by atoms with E-state index in [-0.39, 0.29) is 5.82 Å². The Kier molecular flexibility index (Phi) is 3.56. The van der Waals surface area contributed by atoms with Crippen LogP contribution in [0.4, 0.5) is 16.0 Å². The fraction of sp³-hybridized carbons (Fsp3) is 0.286. The lowest BCUT2D eigenvalue weighted by Crippen LogP contribution is -2.47. The van der Waals surface area contributed by atoms with Crippen LogP contribution in [-0.4, -0.2) is 51.1 Å². The second-order valence-corrected chi connectivity index (χ2v) is 6.15. The summed E-state index contributed by atoms with van der Waals surface area (Å²) in [7, 11) is 0. The number of H-pyrrole nitrogens is 1. The number of fused-ring (bicyclic) bond motifs is 1. The Balaban J connectivity index is 1.54. The van der Waals surface area contributed by atoms with E-state index < -0.39 is 0 Å². The number of hydrogen-bond donors (Lipinski definition) is 1. The lowest BCUT2D eigenvalue weighted by atomic mass is 10.3. The minimum Gasteiger partial charge on any atom is -0.351 e. The molecule has 0 unspecified atom stereocenters. The van der Waals surface area contributed by atoms with Crippen LogP contribution in [-0.2, 0) is 0 Å². The smallest absolute Gasteiger partial charge is 0.182 e. The Labute approximate surface area is 139 Å². The second-order valence-electron chi connectivity index (χ2n) is 5.23. The summed E-state index contributed by atoms with van der Waals surface area (Å²) >= 11 is 3.23. The summed E-state index contributed by atoms with van der Waals surface area (Å²) in [6, 6.07) is 1.44. The fourth-order valence-electron chi connectivity index (χ4n) is 2.76. The van der Waals surface area contributed by atoms with Gasteiger partial charge in [-0.05, 0) is 22.0 Å². The molecule has 1 aliphatic rings. The molecule has 1 aliphatic heterocycles. The van der Waals surface area contributed by atoms with Crippen LogP contribution >= 0.6 is 15.9 Å². The Morgan fingerprint density at radius 1 is 1.00 bits per heavy atom. The Morgan fingerprint density at radius 2 is 1.74 bits per heavy atom. The van der Waals surface area contributed by atoms with E-state index >= 15 is 0 Å². The quantitative estimate of drug-likeness (QED) is 0.735. The zero-order valence-electron chi connectivity index (χ0n) is 12.1. The third-order valence-electron chi connectivity index (χ3n) is 3.87. The number of piperazine rings is 1. The topological polar surface area (TPSA) is 73.8 Å². The average Bonchev–Trinajstić information content (AvgIpc) is 3.04. The molecule has 0 saturated carbocycles. The normalized spacial score (nSPS) is 15.4. The fourth-order valence-corrected chi connectivity index (χ4v) is 3.07. The van der Waals surface area contributed by atoms with Gasteiger partial charge in [-0.3, -0.25) is 0 Å². The summed E-state index contributed by atoms with van der Waals surface area (Å²) in [4.78, 5) is 24.0. The van der Waals surface area contributed by atoms with Crippen molar-refractivity contribution < 1.29 is 4.39 Å². The number of rotatable bonds is 2. The molecule has 1 fully saturated rings. The molecule has 118 valence electrons. The van der Waals surface area contributed by atoms with Crippen molar-refractivity contribution in [2.45, 2.75) is 0 Å². The molecule has 0 amide bonds. The van der Waals surface area contributed by atoms with Gasteiger partial charge in [-0.2, -0.15) is 0 Å². The van der Waals surface area contributed by atoms with Crippen LogP contribution in [0.15, 0.2) is 29.4 Å². The van der Waals surface area contributed by atoms with Crippen molar-refractivity contribution in [3.05, 3.63) is 35.2 Å². The summed E-state index contributed by atoms with van der Waals surface area (Å²) in [6.45, 7) is 2.79. The van der Waals surface area contributed by atoms with Crippen LogP contribution in [0.3, 0.4) is 0 Å². The molecule has 0 bridgehead atoms. The van der Waals surface area contributed by atoms with Crippen LogP contribution in [0.1, 0.15) is 0 Å². The summed E-state index contributed by atoms with van der Waals surface area (Å²) in [5, 5.41) is 0.